The maximum absolute atomic E-state index is 11.9. The zero-order chi connectivity index (χ0) is 10.1. The standard InChI is InChI=1S/C5H4F3N3O2/c6-5(7,8)3-1-11(10-9-3)2-4(12)13/h1H,2H2,(H,12,13). The number of aliphatic carboxylic acids is 1. The van der Waals surface area contributed by atoms with Crippen molar-refractivity contribution < 1.29 is 23.1 Å². The zero-order valence-electron chi connectivity index (χ0n) is 6.12. The summed E-state index contributed by atoms with van der Waals surface area (Å²) in [5.41, 5.74) is -1.20. The Labute approximate surface area is 69.8 Å². The van der Waals surface area contributed by atoms with Gasteiger partial charge in [-0.05, 0) is 0 Å². The molecule has 1 N–H and O–H groups in total. The average molecular weight is 195 g/mol. The fraction of sp³-hybridized carbons (Fsp3) is 0.400. The van der Waals surface area contributed by atoms with Gasteiger partial charge in [-0.2, -0.15) is 13.2 Å². The van der Waals surface area contributed by atoms with E-state index < -0.39 is 24.4 Å². The molecule has 5 nitrogen and oxygen atoms in total. The Morgan fingerprint density at radius 3 is 2.62 bits per heavy atom. The summed E-state index contributed by atoms with van der Waals surface area (Å²) < 4.78 is 36.2. The third kappa shape index (κ3) is 2.42. The number of alkyl halides is 3. The highest BCUT2D eigenvalue weighted by Crippen LogP contribution is 2.26. The molecule has 0 spiro atoms. The monoisotopic (exact) mass is 195 g/mol. The van der Waals surface area contributed by atoms with Crippen molar-refractivity contribution >= 4 is 5.97 Å². The molecule has 0 aromatic carbocycles. The summed E-state index contributed by atoms with van der Waals surface area (Å²) in [5.74, 6) is -1.28. The third-order valence-corrected chi connectivity index (χ3v) is 1.13. The lowest BCUT2D eigenvalue weighted by Gasteiger charge is -1.98. The highest BCUT2D eigenvalue weighted by Gasteiger charge is 2.34. The van der Waals surface area contributed by atoms with Gasteiger partial charge in [0.1, 0.15) is 6.54 Å². The quantitative estimate of drug-likeness (QED) is 0.740. The van der Waals surface area contributed by atoms with Gasteiger partial charge in [0.25, 0.3) is 0 Å². The molecule has 0 aliphatic heterocycles. The van der Waals surface area contributed by atoms with Crippen LogP contribution < -0.4 is 0 Å². The molecule has 1 heterocycles. The topological polar surface area (TPSA) is 68.0 Å². The smallest absolute Gasteiger partial charge is 0.436 e. The van der Waals surface area contributed by atoms with Gasteiger partial charge in [0, 0.05) is 0 Å². The minimum Gasteiger partial charge on any atom is -0.480 e. The van der Waals surface area contributed by atoms with Crippen LogP contribution in [0.5, 0.6) is 0 Å². The Hall–Kier alpha value is -1.60. The number of carbonyl (C=O) groups is 1. The number of rotatable bonds is 2. The van der Waals surface area contributed by atoms with E-state index in [9.17, 15) is 18.0 Å². The number of hydrogen-bond donors (Lipinski definition) is 1. The Morgan fingerprint density at radius 2 is 2.23 bits per heavy atom. The number of aromatic nitrogens is 3. The molecule has 0 saturated carbocycles. The van der Waals surface area contributed by atoms with E-state index in [0.717, 1.165) is 0 Å². The van der Waals surface area contributed by atoms with E-state index in [1.54, 1.807) is 0 Å². The maximum atomic E-state index is 11.9. The Bertz CT molecular complexity index is 319. The normalized spacial score (nSPS) is 11.6. The number of nitrogens with zero attached hydrogens (tertiary/aromatic N) is 3. The molecule has 1 aromatic heterocycles. The second-order valence-electron chi connectivity index (χ2n) is 2.19. The summed E-state index contributed by atoms with van der Waals surface area (Å²) in [6.07, 6.45) is -4.05. The first kappa shape index (κ1) is 9.49. The lowest BCUT2D eigenvalue weighted by molar-refractivity contribution is -0.141. The molecule has 0 amide bonds. The maximum Gasteiger partial charge on any atom is 0.436 e. The second-order valence-corrected chi connectivity index (χ2v) is 2.19. The van der Waals surface area contributed by atoms with Gasteiger partial charge in [-0.1, -0.05) is 5.21 Å². The van der Waals surface area contributed by atoms with Crippen LogP contribution in [0.25, 0.3) is 0 Å². The molecular formula is C5H4F3N3O2. The summed E-state index contributed by atoms with van der Waals surface area (Å²) >= 11 is 0. The van der Waals surface area contributed by atoms with Gasteiger partial charge < -0.3 is 5.11 Å². The summed E-state index contributed by atoms with van der Waals surface area (Å²) in [4.78, 5) is 10.1. The molecule has 8 heteroatoms. The molecule has 1 aromatic rings. The number of hydrogen-bond acceptors (Lipinski definition) is 3. The van der Waals surface area contributed by atoms with E-state index >= 15 is 0 Å². The van der Waals surface area contributed by atoms with E-state index in [4.69, 9.17) is 5.11 Å². The third-order valence-electron chi connectivity index (χ3n) is 1.13. The number of carboxylic acids is 1. The highest BCUT2D eigenvalue weighted by atomic mass is 19.4. The molecular weight excluding hydrogens is 191 g/mol. The van der Waals surface area contributed by atoms with Crippen molar-refractivity contribution in [2.45, 2.75) is 12.7 Å². The van der Waals surface area contributed by atoms with E-state index in [2.05, 4.69) is 10.3 Å². The molecule has 1 rings (SSSR count). The van der Waals surface area contributed by atoms with Gasteiger partial charge in [0.2, 0.25) is 0 Å². The van der Waals surface area contributed by atoms with E-state index in [1.807, 2.05) is 0 Å². The number of halogens is 3. The Kier molecular flexibility index (Phi) is 2.22. The SMILES string of the molecule is O=C(O)Cn1cc(C(F)(F)F)nn1. The largest absolute Gasteiger partial charge is 0.480 e. The van der Waals surface area contributed by atoms with Crippen molar-refractivity contribution in [1.82, 2.24) is 15.0 Å². The molecule has 72 valence electrons. The van der Waals surface area contributed by atoms with Crippen LogP contribution in [0.15, 0.2) is 6.20 Å². The molecule has 0 bridgehead atoms. The van der Waals surface area contributed by atoms with Gasteiger partial charge in [0.05, 0.1) is 6.20 Å². The first-order valence-electron chi connectivity index (χ1n) is 3.08. The van der Waals surface area contributed by atoms with Crippen LogP contribution >= 0.6 is 0 Å². The lowest BCUT2D eigenvalue weighted by Crippen LogP contribution is -2.09. The van der Waals surface area contributed by atoms with Crippen LogP contribution in [-0.2, 0) is 17.5 Å². The van der Waals surface area contributed by atoms with E-state index in [1.165, 1.54) is 0 Å². The van der Waals surface area contributed by atoms with Crippen LogP contribution in [0.2, 0.25) is 0 Å². The molecule has 0 aliphatic carbocycles. The van der Waals surface area contributed by atoms with Crippen molar-refractivity contribution in [3.8, 4) is 0 Å². The van der Waals surface area contributed by atoms with Gasteiger partial charge in [-0.25, -0.2) is 4.68 Å². The van der Waals surface area contributed by atoms with E-state index in [-0.39, 0.29) is 0 Å². The Balaban J connectivity index is 2.81. The molecule has 0 aliphatic rings. The van der Waals surface area contributed by atoms with Crippen molar-refractivity contribution in [2.75, 3.05) is 0 Å². The van der Waals surface area contributed by atoms with Crippen LogP contribution in [-0.4, -0.2) is 26.1 Å². The molecule has 0 atom stereocenters. The Morgan fingerprint density at radius 1 is 1.62 bits per heavy atom. The minimum atomic E-state index is -4.59. The predicted molar refractivity (Wildman–Crippen MR) is 32.7 cm³/mol. The predicted octanol–water partition coefficient (Wildman–Crippen LogP) is 0.382. The first-order valence-corrected chi connectivity index (χ1v) is 3.08. The van der Waals surface area contributed by atoms with Crippen LogP contribution in [0.1, 0.15) is 5.69 Å². The second kappa shape index (κ2) is 3.04. The summed E-state index contributed by atoms with van der Waals surface area (Å²) in [7, 11) is 0. The number of carboxylic acid groups (broad SMARTS) is 1. The summed E-state index contributed by atoms with van der Waals surface area (Å²) in [6.45, 7) is -0.636. The van der Waals surface area contributed by atoms with Crippen LogP contribution in [0.4, 0.5) is 13.2 Å². The average Bonchev–Trinajstić information content (AvgIpc) is 2.32. The van der Waals surface area contributed by atoms with Crippen molar-refractivity contribution in [2.24, 2.45) is 0 Å². The lowest BCUT2D eigenvalue weighted by atomic mass is 10.5. The van der Waals surface area contributed by atoms with Crippen LogP contribution in [0, 0.1) is 0 Å². The summed E-state index contributed by atoms with van der Waals surface area (Å²) in [5, 5.41) is 14.0. The van der Waals surface area contributed by atoms with Crippen molar-refractivity contribution in [3.63, 3.8) is 0 Å². The molecule has 0 unspecified atom stereocenters. The molecule has 13 heavy (non-hydrogen) atoms. The van der Waals surface area contributed by atoms with E-state index in [0.29, 0.717) is 10.9 Å². The summed E-state index contributed by atoms with van der Waals surface area (Å²) in [6, 6.07) is 0. The van der Waals surface area contributed by atoms with Gasteiger partial charge >= 0.3 is 12.1 Å². The first-order chi connectivity index (χ1) is 5.89. The van der Waals surface area contributed by atoms with Crippen molar-refractivity contribution in [1.29, 1.82) is 0 Å². The highest BCUT2D eigenvalue weighted by molar-refractivity contribution is 5.66. The van der Waals surface area contributed by atoms with Gasteiger partial charge in [0.15, 0.2) is 5.69 Å². The van der Waals surface area contributed by atoms with Crippen LogP contribution in [0.3, 0.4) is 0 Å². The molecule has 0 fully saturated rings. The van der Waals surface area contributed by atoms with Gasteiger partial charge in [-0.3, -0.25) is 4.79 Å². The molecule has 0 saturated heterocycles. The molecule has 0 radical (unpaired) electrons. The zero-order valence-corrected chi connectivity index (χ0v) is 6.12. The fourth-order valence-corrected chi connectivity index (χ4v) is 0.644. The fourth-order valence-electron chi connectivity index (χ4n) is 0.644. The minimum absolute atomic E-state index is 0.536. The van der Waals surface area contributed by atoms with Crippen molar-refractivity contribution in [3.05, 3.63) is 11.9 Å². The van der Waals surface area contributed by atoms with Gasteiger partial charge in [-0.15, -0.1) is 5.10 Å².